The molecule has 2 N–H and O–H groups in total. The van der Waals surface area contributed by atoms with Crippen LogP contribution in [-0.2, 0) is 11.3 Å². The number of hydrogen-bond acceptors (Lipinski definition) is 7. The van der Waals surface area contributed by atoms with Crippen molar-refractivity contribution in [1.82, 2.24) is 0 Å². The summed E-state index contributed by atoms with van der Waals surface area (Å²) in [5.41, 5.74) is 9.66. The molecule has 7 nitrogen and oxygen atoms in total. The minimum Gasteiger partial charge on any atom is -0.493 e. The molecular formula is C20H19N3O4. The average Bonchev–Trinajstić information content (AvgIpc) is 3.07. The molecule has 1 atom stereocenters. The quantitative estimate of drug-likeness (QED) is 0.828. The van der Waals surface area contributed by atoms with E-state index in [0.717, 1.165) is 11.1 Å². The molecule has 0 bridgehead atoms. The molecule has 2 aromatic carbocycles. The van der Waals surface area contributed by atoms with Gasteiger partial charge in [0.25, 0.3) is 0 Å². The lowest BCUT2D eigenvalue weighted by Crippen LogP contribution is -2.06. The summed E-state index contributed by atoms with van der Waals surface area (Å²) in [7, 11) is 4.57. The van der Waals surface area contributed by atoms with E-state index >= 15 is 0 Å². The van der Waals surface area contributed by atoms with E-state index in [2.05, 4.69) is 12.1 Å². The zero-order valence-electron chi connectivity index (χ0n) is 15.5. The van der Waals surface area contributed by atoms with Gasteiger partial charge in [-0.2, -0.15) is 10.5 Å². The van der Waals surface area contributed by atoms with Gasteiger partial charge in [-0.15, -0.1) is 0 Å². The third-order valence-corrected chi connectivity index (χ3v) is 4.75. The van der Waals surface area contributed by atoms with E-state index in [-0.39, 0.29) is 24.0 Å². The summed E-state index contributed by atoms with van der Waals surface area (Å²) in [5, 5.41) is 19.3. The van der Waals surface area contributed by atoms with Gasteiger partial charge in [0.2, 0.25) is 5.75 Å². The van der Waals surface area contributed by atoms with E-state index < -0.39 is 0 Å². The number of nitrogens with zero attached hydrogens (tertiary/aromatic N) is 2. The lowest BCUT2D eigenvalue weighted by Gasteiger charge is -2.18. The van der Waals surface area contributed by atoms with Crippen LogP contribution < -0.4 is 19.9 Å². The van der Waals surface area contributed by atoms with Gasteiger partial charge in [-0.3, -0.25) is 0 Å². The van der Waals surface area contributed by atoms with E-state index in [1.807, 2.05) is 6.92 Å². The van der Waals surface area contributed by atoms with E-state index in [9.17, 15) is 10.5 Å². The van der Waals surface area contributed by atoms with Crippen LogP contribution in [0.3, 0.4) is 0 Å². The molecule has 1 heterocycles. The van der Waals surface area contributed by atoms with Crippen LogP contribution in [0.4, 0.5) is 5.69 Å². The van der Waals surface area contributed by atoms with Crippen molar-refractivity contribution < 1.29 is 18.9 Å². The van der Waals surface area contributed by atoms with Crippen molar-refractivity contribution in [1.29, 1.82) is 10.5 Å². The highest BCUT2D eigenvalue weighted by atomic mass is 16.5. The Bertz CT molecular complexity index is 977. The summed E-state index contributed by atoms with van der Waals surface area (Å²) in [6, 6.07) is 7.77. The van der Waals surface area contributed by atoms with E-state index in [1.54, 1.807) is 12.1 Å². The number of ether oxygens (including phenoxy) is 4. The first-order valence-corrected chi connectivity index (χ1v) is 8.22. The van der Waals surface area contributed by atoms with Crippen LogP contribution in [0.25, 0.3) is 11.1 Å². The predicted molar refractivity (Wildman–Crippen MR) is 98.6 cm³/mol. The first-order chi connectivity index (χ1) is 13.0. The normalized spacial score (nSPS) is 14.8. The van der Waals surface area contributed by atoms with Crippen molar-refractivity contribution in [2.24, 2.45) is 0 Å². The molecule has 0 amide bonds. The summed E-state index contributed by atoms with van der Waals surface area (Å²) in [6.07, 6.45) is -0.287. The number of methoxy groups -OCH3 is 3. The highest BCUT2D eigenvalue weighted by Gasteiger charge is 2.32. The Morgan fingerprint density at radius 3 is 2.11 bits per heavy atom. The maximum Gasteiger partial charge on any atom is 0.203 e. The summed E-state index contributed by atoms with van der Waals surface area (Å²) < 4.78 is 22.0. The highest BCUT2D eigenvalue weighted by molar-refractivity contribution is 5.87. The van der Waals surface area contributed by atoms with Crippen molar-refractivity contribution in [3.05, 3.63) is 34.4 Å². The monoisotopic (exact) mass is 365 g/mol. The molecule has 138 valence electrons. The smallest absolute Gasteiger partial charge is 0.203 e. The van der Waals surface area contributed by atoms with Gasteiger partial charge in [-0.05, 0) is 30.2 Å². The van der Waals surface area contributed by atoms with Crippen molar-refractivity contribution in [2.75, 3.05) is 27.1 Å². The molecule has 0 saturated carbocycles. The summed E-state index contributed by atoms with van der Waals surface area (Å²) in [4.78, 5) is 0. The molecule has 1 aliphatic rings. The number of anilines is 1. The lowest BCUT2D eigenvalue weighted by atomic mass is 9.86. The number of fused-ring (bicyclic) bond motifs is 1. The van der Waals surface area contributed by atoms with Gasteiger partial charge in [-0.25, -0.2) is 0 Å². The molecular weight excluding hydrogens is 346 g/mol. The van der Waals surface area contributed by atoms with Crippen molar-refractivity contribution >= 4 is 5.69 Å². The second-order valence-corrected chi connectivity index (χ2v) is 6.02. The van der Waals surface area contributed by atoms with E-state index in [1.165, 1.54) is 21.3 Å². The maximum atomic E-state index is 9.76. The first-order valence-electron chi connectivity index (χ1n) is 8.22. The first kappa shape index (κ1) is 18.4. The molecule has 0 fully saturated rings. The number of nitrogen functional groups attached to an aromatic ring is 1. The van der Waals surface area contributed by atoms with E-state index in [4.69, 9.17) is 24.7 Å². The van der Waals surface area contributed by atoms with Gasteiger partial charge >= 0.3 is 0 Å². The zero-order chi connectivity index (χ0) is 19.7. The van der Waals surface area contributed by atoms with Gasteiger partial charge in [0, 0.05) is 11.1 Å². The molecule has 0 aliphatic carbocycles. The van der Waals surface area contributed by atoms with Gasteiger partial charge < -0.3 is 24.7 Å². The SMILES string of the molecule is COc1cc(-c2c(C#N)c(N)c(C#N)c3c2COC3C)cc(OC)c1OC. The Labute approximate surface area is 157 Å². The van der Waals surface area contributed by atoms with Crippen molar-refractivity contribution in [3.63, 3.8) is 0 Å². The average molecular weight is 365 g/mol. The molecule has 0 radical (unpaired) electrons. The molecule has 7 heteroatoms. The fraction of sp³-hybridized carbons (Fsp3) is 0.300. The summed E-state index contributed by atoms with van der Waals surface area (Å²) in [6.45, 7) is 2.14. The van der Waals surface area contributed by atoms with Gasteiger partial charge in [0.15, 0.2) is 11.5 Å². The Morgan fingerprint density at radius 2 is 1.63 bits per heavy atom. The number of rotatable bonds is 4. The number of hydrogen-bond donors (Lipinski definition) is 1. The number of nitriles is 2. The van der Waals surface area contributed by atoms with Crippen LogP contribution >= 0.6 is 0 Å². The van der Waals surface area contributed by atoms with Gasteiger partial charge in [0.05, 0.1) is 50.9 Å². The van der Waals surface area contributed by atoms with Crippen LogP contribution in [-0.4, -0.2) is 21.3 Å². The molecule has 0 aromatic heterocycles. The van der Waals surface area contributed by atoms with E-state index in [0.29, 0.717) is 33.9 Å². The zero-order valence-corrected chi connectivity index (χ0v) is 15.5. The minimum absolute atomic E-state index is 0.153. The Hall–Kier alpha value is -3.42. The maximum absolute atomic E-state index is 9.76. The summed E-state index contributed by atoms with van der Waals surface area (Å²) in [5.74, 6) is 1.36. The summed E-state index contributed by atoms with van der Waals surface area (Å²) >= 11 is 0. The fourth-order valence-electron chi connectivity index (χ4n) is 3.51. The van der Waals surface area contributed by atoms with Crippen LogP contribution in [0.5, 0.6) is 17.2 Å². The Balaban J connectivity index is 2.42. The number of nitrogens with two attached hydrogens (primary N) is 1. The predicted octanol–water partition coefficient (Wildman–Crippen LogP) is 3.30. The third-order valence-electron chi connectivity index (χ3n) is 4.75. The third kappa shape index (κ3) is 2.69. The topological polar surface area (TPSA) is 111 Å². The fourth-order valence-corrected chi connectivity index (χ4v) is 3.51. The second-order valence-electron chi connectivity index (χ2n) is 6.02. The molecule has 0 spiro atoms. The molecule has 27 heavy (non-hydrogen) atoms. The van der Waals surface area contributed by atoms with Crippen LogP contribution in [0.15, 0.2) is 12.1 Å². The minimum atomic E-state index is -0.287. The molecule has 1 aliphatic heterocycles. The Morgan fingerprint density at radius 1 is 1.04 bits per heavy atom. The Kier molecular flexibility index (Phi) is 4.81. The molecule has 1 unspecified atom stereocenters. The largest absolute Gasteiger partial charge is 0.493 e. The lowest BCUT2D eigenvalue weighted by molar-refractivity contribution is 0.0796. The van der Waals surface area contributed by atoms with Gasteiger partial charge in [0.1, 0.15) is 12.1 Å². The molecule has 0 saturated heterocycles. The van der Waals surface area contributed by atoms with Crippen molar-refractivity contribution in [3.8, 4) is 40.5 Å². The molecule has 2 aromatic rings. The second kappa shape index (κ2) is 7.06. The number of benzene rings is 2. The van der Waals surface area contributed by atoms with Crippen LogP contribution in [0.2, 0.25) is 0 Å². The molecule has 3 rings (SSSR count). The standard InChI is InChI=1S/C20H19N3O4/c1-10-17-12(7-21)19(23)13(8-22)18(14(17)9-27-10)11-5-15(24-2)20(26-4)16(6-11)25-3/h5-6,10H,9,23H2,1-4H3. The van der Waals surface area contributed by atoms with Crippen LogP contribution in [0.1, 0.15) is 35.3 Å². The van der Waals surface area contributed by atoms with Crippen molar-refractivity contribution in [2.45, 2.75) is 19.6 Å². The van der Waals surface area contributed by atoms with Gasteiger partial charge in [-0.1, -0.05) is 0 Å². The van der Waals surface area contributed by atoms with Crippen LogP contribution in [0, 0.1) is 22.7 Å². The highest BCUT2D eigenvalue weighted by Crippen LogP contribution is 2.48.